The highest BCUT2D eigenvalue weighted by Crippen LogP contribution is 2.06. The smallest absolute Gasteiger partial charge is 0.316 e. The molecule has 2 heterocycles. The number of aryl methyl sites for hydroxylation is 1. The van der Waals surface area contributed by atoms with E-state index in [0.717, 1.165) is 31.5 Å². The van der Waals surface area contributed by atoms with Crippen LogP contribution < -0.4 is 15.4 Å². The van der Waals surface area contributed by atoms with Gasteiger partial charge in [-0.25, -0.2) is 9.97 Å². The molecule has 0 radical (unpaired) electrons. The van der Waals surface area contributed by atoms with Gasteiger partial charge in [0.15, 0.2) is 0 Å². The molecule has 1 aliphatic rings. The van der Waals surface area contributed by atoms with Crippen molar-refractivity contribution in [1.82, 2.24) is 20.6 Å². The lowest BCUT2D eigenvalue weighted by Gasteiger charge is -2.23. The topological polar surface area (TPSA) is 76.1 Å². The van der Waals surface area contributed by atoms with E-state index >= 15 is 0 Å². The highest BCUT2D eigenvalue weighted by atomic mass is 16.5. The van der Waals surface area contributed by atoms with Gasteiger partial charge in [-0.2, -0.15) is 0 Å². The molecular formula is C14H22N4O2. The predicted octanol–water partition coefficient (Wildman–Crippen LogP) is 0.676. The van der Waals surface area contributed by atoms with Crippen LogP contribution in [0.2, 0.25) is 0 Å². The first-order valence-electron chi connectivity index (χ1n) is 7.21. The van der Waals surface area contributed by atoms with Crippen molar-refractivity contribution in [2.75, 3.05) is 19.7 Å². The molecule has 110 valence electrons. The summed E-state index contributed by atoms with van der Waals surface area (Å²) < 4.78 is 5.18. The molecule has 1 amide bonds. The second kappa shape index (κ2) is 7.79. The highest BCUT2D eigenvalue weighted by Gasteiger charge is 2.15. The van der Waals surface area contributed by atoms with E-state index in [1.165, 1.54) is 0 Å². The monoisotopic (exact) mass is 278 g/mol. The van der Waals surface area contributed by atoms with Gasteiger partial charge in [0.05, 0.1) is 6.61 Å². The second-order valence-electron chi connectivity index (χ2n) is 4.90. The summed E-state index contributed by atoms with van der Waals surface area (Å²) in [7, 11) is 0. The molecule has 0 aliphatic carbocycles. The highest BCUT2D eigenvalue weighted by molar-refractivity contribution is 5.76. The van der Waals surface area contributed by atoms with E-state index in [4.69, 9.17) is 4.74 Å². The molecule has 0 bridgehead atoms. The average Bonchev–Trinajstić information content (AvgIpc) is 2.48. The minimum absolute atomic E-state index is 0.103. The SMILES string of the molecule is CCOc1ncc(CCC(=O)NC2CCNCC2)cn1. The lowest BCUT2D eigenvalue weighted by Crippen LogP contribution is -2.42. The fraction of sp³-hybridized carbons (Fsp3) is 0.643. The molecule has 2 rings (SSSR count). The molecule has 1 fully saturated rings. The molecule has 1 aromatic heterocycles. The molecule has 0 unspecified atom stereocenters. The van der Waals surface area contributed by atoms with Crippen LogP contribution in [0.3, 0.4) is 0 Å². The van der Waals surface area contributed by atoms with Gasteiger partial charge in [-0.15, -0.1) is 0 Å². The van der Waals surface area contributed by atoms with Crippen LogP contribution >= 0.6 is 0 Å². The number of hydrogen-bond donors (Lipinski definition) is 2. The largest absolute Gasteiger partial charge is 0.464 e. The van der Waals surface area contributed by atoms with Crippen LogP contribution in [-0.2, 0) is 11.2 Å². The minimum Gasteiger partial charge on any atom is -0.464 e. The van der Waals surface area contributed by atoms with Crippen LogP contribution in [0.1, 0.15) is 31.7 Å². The fourth-order valence-corrected chi connectivity index (χ4v) is 2.20. The van der Waals surface area contributed by atoms with Crippen LogP contribution in [0.5, 0.6) is 6.01 Å². The van der Waals surface area contributed by atoms with Gasteiger partial charge < -0.3 is 15.4 Å². The summed E-state index contributed by atoms with van der Waals surface area (Å²) in [6.45, 7) is 4.41. The standard InChI is InChI=1S/C14H22N4O2/c1-2-20-14-16-9-11(10-17-14)3-4-13(19)18-12-5-7-15-8-6-12/h9-10,12,15H,2-8H2,1H3,(H,18,19). The molecule has 20 heavy (non-hydrogen) atoms. The lowest BCUT2D eigenvalue weighted by atomic mass is 10.1. The molecule has 6 nitrogen and oxygen atoms in total. The average molecular weight is 278 g/mol. The van der Waals surface area contributed by atoms with Crippen LogP contribution in [0.4, 0.5) is 0 Å². The number of nitrogens with zero attached hydrogens (tertiary/aromatic N) is 2. The van der Waals surface area contributed by atoms with Gasteiger partial charge in [-0.05, 0) is 44.8 Å². The number of piperidine rings is 1. The number of ether oxygens (including phenoxy) is 1. The summed E-state index contributed by atoms with van der Waals surface area (Å²) in [6.07, 6.45) is 6.59. The number of aromatic nitrogens is 2. The molecule has 1 saturated heterocycles. The normalized spacial score (nSPS) is 15.8. The number of nitrogens with one attached hydrogen (secondary N) is 2. The van der Waals surface area contributed by atoms with Gasteiger partial charge in [0, 0.05) is 24.9 Å². The first-order chi connectivity index (χ1) is 9.78. The van der Waals surface area contributed by atoms with Crippen molar-refractivity contribution in [2.45, 2.75) is 38.6 Å². The Balaban J connectivity index is 1.72. The van der Waals surface area contributed by atoms with Gasteiger partial charge in [0.1, 0.15) is 0 Å². The third kappa shape index (κ3) is 4.77. The van der Waals surface area contributed by atoms with E-state index in [2.05, 4.69) is 20.6 Å². The number of rotatable bonds is 6. The first-order valence-corrected chi connectivity index (χ1v) is 7.21. The van der Waals surface area contributed by atoms with Crippen LogP contribution in [-0.4, -0.2) is 41.6 Å². The zero-order valence-corrected chi connectivity index (χ0v) is 11.9. The molecule has 6 heteroatoms. The Morgan fingerprint density at radius 3 is 2.75 bits per heavy atom. The predicted molar refractivity (Wildman–Crippen MR) is 75.6 cm³/mol. The zero-order valence-electron chi connectivity index (χ0n) is 11.9. The fourth-order valence-electron chi connectivity index (χ4n) is 2.20. The van der Waals surface area contributed by atoms with E-state index in [9.17, 15) is 4.79 Å². The zero-order chi connectivity index (χ0) is 14.2. The molecule has 1 aromatic rings. The molecule has 0 spiro atoms. The van der Waals surface area contributed by atoms with Crippen LogP contribution in [0.15, 0.2) is 12.4 Å². The Bertz CT molecular complexity index is 416. The lowest BCUT2D eigenvalue weighted by molar-refractivity contribution is -0.121. The quantitative estimate of drug-likeness (QED) is 0.800. The van der Waals surface area contributed by atoms with Crippen molar-refractivity contribution < 1.29 is 9.53 Å². The Hall–Kier alpha value is -1.69. The number of hydrogen-bond acceptors (Lipinski definition) is 5. The van der Waals surface area contributed by atoms with Crippen molar-refractivity contribution in [3.63, 3.8) is 0 Å². The molecule has 1 aliphatic heterocycles. The summed E-state index contributed by atoms with van der Waals surface area (Å²) in [5, 5.41) is 6.36. The van der Waals surface area contributed by atoms with E-state index < -0.39 is 0 Å². The second-order valence-corrected chi connectivity index (χ2v) is 4.90. The summed E-state index contributed by atoms with van der Waals surface area (Å²) in [4.78, 5) is 20.0. The Kier molecular flexibility index (Phi) is 5.73. The van der Waals surface area contributed by atoms with Gasteiger partial charge in [-0.3, -0.25) is 4.79 Å². The van der Waals surface area contributed by atoms with E-state index in [0.29, 0.717) is 31.5 Å². The number of carbonyl (C=O) groups is 1. The number of carbonyl (C=O) groups excluding carboxylic acids is 1. The minimum atomic E-state index is 0.103. The van der Waals surface area contributed by atoms with Gasteiger partial charge in [0.25, 0.3) is 0 Å². The maximum Gasteiger partial charge on any atom is 0.316 e. The summed E-state index contributed by atoms with van der Waals surface area (Å²) in [6, 6.07) is 0.704. The van der Waals surface area contributed by atoms with Crippen LogP contribution in [0, 0.1) is 0 Å². The first kappa shape index (κ1) is 14.7. The van der Waals surface area contributed by atoms with E-state index in [1.807, 2.05) is 6.92 Å². The van der Waals surface area contributed by atoms with Crippen molar-refractivity contribution in [3.8, 4) is 6.01 Å². The molecule has 0 atom stereocenters. The third-order valence-corrected chi connectivity index (χ3v) is 3.30. The maximum atomic E-state index is 11.9. The van der Waals surface area contributed by atoms with E-state index in [-0.39, 0.29) is 5.91 Å². The van der Waals surface area contributed by atoms with Gasteiger partial charge >= 0.3 is 6.01 Å². The van der Waals surface area contributed by atoms with Crippen LogP contribution in [0.25, 0.3) is 0 Å². The maximum absolute atomic E-state index is 11.9. The molecular weight excluding hydrogens is 256 g/mol. The van der Waals surface area contributed by atoms with Crippen molar-refractivity contribution in [3.05, 3.63) is 18.0 Å². The van der Waals surface area contributed by atoms with Gasteiger partial charge in [-0.1, -0.05) is 0 Å². The molecule has 0 aromatic carbocycles. The number of amides is 1. The van der Waals surface area contributed by atoms with Crippen molar-refractivity contribution in [2.24, 2.45) is 0 Å². The summed E-state index contributed by atoms with van der Waals surface area (Å²) in [5.74, 6) is 0.103. The molecule has 2 N–H and O–H groups in total. The van der Waals surface area contributed by atoms with Crippen molar-refractivity contribution in [1.29, 1.82) is 0 Å². The summed E-state index contributed by atoms with van der Waals surface area (Å²) in [5.41, 5.74) is 0.953. The molecule has 0 saturated carbocycles. The van der Waals surface area contributed by atoms with E-state index in [1.54, 1.807) is 12.4 Å². The van der Waals surface area contributed by atoms with Gasteiger partial charge in [0.2, 0.25) is 5.91 Å². The van der Waals surface area contributed by atoms with Crippen molar-refractivity contribution >= 4 is 5.91 Å². The Morgan fingerprint density at radius 2 is 2.10 bits per heavy atom. The third-order valence-electron chi connectivity index (χ3n) is 3.30. The Labute approximate surface area is 119 Å². The summed E-state index contributed by atoms with van der Waals surface area (Å²) >= 11 is 0. The Morgan fingerprint density at radius 1 is 1.40 bits per heavy atom.